The number of aliphatic imine (C=N–C) groups is 1. The van der Waals surface area contributed by atoms with Gasteiger partial charge >= 0.3 is 0 Å². The Hall–Kier alpha value is -2.24. The second kappa shape index (κ2) is 6.79. The first-order chi connectivity index (χ1) is 9.66. The molecule has 0 unspecified atom stereocenters. The maximum absolute atomic E-state index is 10.8. The van der Waals surface area contributed by atoms with Crippen molar-refractivity contribution in [2.24, 2.45) is 10.1 Å². The standard InChI is InChI=1S/C14H18N4O2/c1-11(12-6-5-7-13(10-12)18(19)20)16-17-14-8-3-2-4-9-15-14/h5-7,10H,2-4,8-9H2,1H3,(H,15,17). The molecule has 0 saturated heterocycles. The molecule has 1 N–H and O–H groups in total. The lowest BCUT2D eigenvalue weighted by molar-refractivity contribution is -0.384. The number of nitro groups is 1. The van der Waals surface area contributed by atoms with Gasteiger partial charge in [-0.3, -0.25) is 20.5 Å². The van der Waals surface area contributed by atoms with E-state index in [1.165, 1.54) is 18.6 Å². The van der Waals surface area contributed by atoms with Gasteiger partial charge in [0, 0.05) is 30.7 Å². The molecule has 1 aromatic rings. The third-order valence-corrected chi connectivity index (χ3v) is 3.20. The average Bonchev–Trinajstić information content (AvgIpc) is 2.73. The summed E-state index contributed by atoms with van der Waals surface area (Å²) >= 11 is 0. The predicted molar refractivity (Wildman–Crippen MR) is 79.2 cm³/mol. The van der Waals surface area contributed by atoms with Crippen LogP contribution < -0.4 is 5.43 Å². The van der Waals surface area contributed by atoms with Crippen molar-refractivity contribution in [3.63, 3.8) is 0 Å². The van der Waals surface area contributed by atoms with Crippen molar-refractivity contribution in [2.45, 2.75) is 32.6 Å². The molecule has 0 amide bonds. The maximum Gasteiger partial charge on any atom is 0.270 e. The van der Waals surface area contributed by atoms with Crippen molar-refractivity contribution in [3.05, 3.63) is 39.9 Å². The Morgan fingerprint density at radius 3 is 3.05 bits per heavy atom. The molecular weight excluding hydrogens is 256 g/mol. The Morgan fingerprint density at radius 2 is 2.25 bits per heavy atom. The van der Waals surface area contributed by atoms with E-state index < -0.39 is 4.92 Å². The van der Waals surface area contributed by atoms with Gasteiger partial charge in [0.05, 0.1) is 10.6 Å². The molecule has 6 nitrogen and oxygen atoms in total. The van der Waals surface area contributed by atoms with Crippen LogP contribution in [0.5, 0.6) is 0 Å². The van der Waals surface area contributed by atoms with Gasteiger partial charge in [-0.15, -0.1) is 0 Å². The highest BCUT2D eigenvalue weighted by molar-refractivity contribution is 5.99. The first-order valence-corrected chi connectivity index (χ1v) is 6.75. The topological polar surface area (TPSA) is 79.9 Å². The average molecular weight is 274 g/mol. The van der Waals surface area contributed by atoms with Crippen molar-refractivity contribution in [3.8, 4) is 0 Å². The number of non-ortho nitro benzene ring substituents is 1. The number of hydrazone groups is 1. The van der Waals surface area contributed by atoms with Crippen molar-refractivity contribution in [2.75, 3.05) is 6.54 Å². The smallest absolute Gasteiger partial charge is 0.270 e. The summed E-state index contributed by atoms with van der Waals surface area (Å²) in [6.45, 7) is 2.66. The van der Waals surface area contributed by atoms with E-state index in [2.05, 4.69) is 15.5 Å². The molecule has 106 valence electrons. The number of hydrogen-bond donors (Lipinski definition) is 1. The summed E-state index contributed by atoms with van der Waals surface area (Å²) < 4.78 is 0. The van der Waals surface area contributed by atoms with Gasteiger partial charge in [-0.25, -0.2) is 0 Å². The molecular formula is C14H18N4O2. The quantitative estimate of drug-likeness (QED) is 0.523. The summed E-state index contributed by atoms with van der Waals surface area (Å²) in [6, 6.07) is 6.47. The molecule has 0 fully saturated rings. The van der Waals surface area contributed by atoms with Crippen LogP contribution in [0.3, 0.4) is 0 Å². The predicted octanol–water partition coefficient (Wildman–Crippen LogP) is 2.88. The zero-order valence-corrected chi connectivity index (χ0v) is 11.5. The fraction of sp³-hybridized carbons (Fsp3) is 0.429. The highest BCUT2D eigenvalue weighted by atomic mass is 16.6. The highest BCUT2D eigenvalue weighted by Gasteiger charge is 2.08. The summed E-state index contributed by atoms with van der Waals surface area (Å²) in [5.74, 6) is 0.896. The minimum atomic E-state index is -0.403. The molecule has 1 heterocycles. The number of nitrogens with one attached hydrogen (secondary N) is 1. The van der Waals surface area contributed by atoms with Crippen molar-refractivity contribution in [1.82, 2.24) is 5.43 Å². The zero-order chi connectivity index (χ0) is 14.4. The van der Waals surface area contributed by atoms with Crippen LogP contribution in [0.25, 0.3) is 0 Å². The van der Waals surface area contributed by atoms with E-state index in [0.29, 0.717) is 5.71 Å². The number of nitro benzene ring substituents is 1. The molecule has 0 radical (unpaired) electrons. The van der Waals surface area contributed by atoms with Crippen molar-refractivity contribution in [1.29, 1.82) is 0 Å². The summed E-state index contributed by atoms with van der Waals surface area (Å²) in [5, 5.41) is 15.0. The van der Waals surface area contributed by atoms with Crippen LogP contribution >= 0.6 is 0 Å². The Morgan fingerprint density at radius 1 is 1.40 bits per heavy atom. The first kappa shape index (κ1) is 14.2. The van der Waals surface area contributed by atoms with E-state index in [1.54, 1.807) is 6.07 Å². The lowest BCUT2D eigenvalue weighted by Gasteiger charge is -2.05. The van der Waals surface area contributed by atoms with Crippen molar-refractivity contribution >= 4 is 17.2 Å². The van der Waals surface area contributed by atoms with E-state index in [9.17, 15) is 10.1 Å². The van der Waals surface area contributed by atoms with Gasteiger partial charge in [-0.2, -0.15) is 5.10 Å². The molecule has 2 rings (SSSR count). The van der Waals surface area contributed by atoms with Crippen LogP contribution in [0, 0.1) is 10.1 Å². The maximum atomic E-state index is 10.8. The summed E-state index contributed by atoms with van der Waals surface area (Å²) in [5.41, 5.74) is 4.50. The number of nitrogens with zero attached hydrogens (tertiary/aromatic N) is 3. The molecule has 0 aliphatic carbocycles. The van der Waals surface area contributed by atoms with Gasteiger partial charge < -0.3 is 0 Å². The molecule has 6 heteroatoms. The van der Waals surface area contributed by atoms with E-state index in [1.807, 2.05) is 13.0 Å². The third kappa shape index (κ3) is 3.88. The van der Waals surface area contributed by atoms with E-state index in [4.69, 9.17) is 0 Å². The van der Waals surface area contributed by atoms with Crippen LogP contribution in [0.1, 0.15) is 38.2 Å². The minimum Gasteiger partial charge on any atom is -0.271 e. The van der Waals surface area contributed by atoms with E-state index in [-0.39, 0.29) is 5.69 Å². The first-order valence-electron chi connectivity index (χ1n) is 6.75. The summed E-state index contributed by atoms with van der Waals surface area (Å²) in [4.78, 5) is 14.8. The molecule has 0 bridgehead atoms. The number of amidine groups is 1. The second-order valence-electron chi connectivity index (χ2n) is 4.76. The molecule has 1 aliphatic heterocycles. The SMILES string of the molecule is CC(=NNC1=NCCCCC1)c1cccc([N+](=O)[O-])c1. The van der Waals surface area contributed by atoms with Crippen molar-refractivity contribution < 1.29 is 4.92 Å². The monoisotopic (exact) mass is 274 g/mol. The molecule has 1 aliphatic rings. The molecule has 0 aromatic heterocycles. The fourth-order valence-electron chi connectivity index (χ4n) is 2.02. The second-order valence-corrected chi connectivity index (χ2v) is 4.76. The van der Waals surface area contributed by atoms with Crippen LogP contribution in [0.15, 0.2) is 34.4 Å². The van der Waals surface area contributed by atoms with Crippen LogP contribution in [0.2, 0.25) is 0 Å². The van der Waals surface area contributed by atoms with Gasteiger partial charge in [-0.05, 0) is 19.8 Å². The third-order valence-electron chi connectivity index (χ3n) is 3.20. The largest absolute Gasteiger partial charge is 0.271 e. The lowest BCUT2D eigenvalue weighted by atomic mass is 10.1. The van der Waals surface area contributed by atoms with Gasteiger partial charge in [0.2, 0.25) is 0 Å². The Bertz CT molecular complexity index is 552. The molecule has 0 spiro atoms. The molecule has 0 atom stereocenters. The van der Waals surface area contributed by atoms with Gasteiger partial charge in [0.1, 0.15) is 5.84 Å². The van der Waals surface area contributed by atoms with Gasteiger partial charge in [0.15, 0.2) is 0 Å². The lowest BCUT2D eigenvalue weighted by Crippen LogP contribution is -2.19. The van der Waals surface area contributed by atoms with E-state index >= 15 is 0 Å². The van der Waals surface area contributed by atoms with Gasteiger partial charge in [0.25, 0.3) is 5.69 Å². The normalized spacial score (nSPS) is 16.2. The van der Waals surface area contributed by atoms with Gasteiger partial charge in [-0.1, -0.05) is 18.6 Å². The Balaban J connectivity index is 2.08. The van der Waals surface area contributed by atoms with Crippen LogP contribution in [0.4, 0.5) is 5.69 Å². The zero-order valence-electron chi connectivity index (χ0n) is 11.5. The summed E-state index contributed by atoms with van der Waals surface area (Å²) in [6.07, 6.45) is 4.35. The Kier molecular flexibility index (Phi) is 4.81. The minimum absolute atomic E-state index is 0.0730. The molecule has 20 heavy (non-hydrogen) atoms. The van der Waals surface area contributed by atoms with Crippen LogP contribution in [-0.4, -0.2) is 23.0 Å². The molecule has 0 saturated carbocycles. The number of rotatable bonds is 3. The number of hydrogen-bond acceptors (Lipinski definition) is 5. The summed E-state index contributed by atoms with van der Waals surface area (Å²) in [7, 11) is 0. The Labute approximate surface area is 117 Å². The highest BCUT2D eigenvalue weighted by Crippen LogP contribution is 2.13. The molecule has 1 aromatic carbocycles. The van der Waals surface area contributed by atoms with Crippen LogP contribution in [-0.2, 0) is 0 Å². The van der Waals surface area contributed by atoms with E-state index in [0.717, 1.165) is 37.2 Å². The number of benzene rings is 1. The fourth-order valence-corrected chi connectivity index (χ4v) is 2.02.